The van der Waals surface area contributed by atoms with Crippen molar-refractivity contribution in [2.75, 3.05) is 0 Å². The normalized spacial score (nSPS) is 10.5. The number of amides is 1. The lowest BCUT2D eigenvalue weighted by molar-refractivity contribution is 0.0949. The van der Waals surface area contributed by atoms with Crippen LogP contribution in [0.2, 0.25) is 5.02 Å². The van der Waals surface area contributed by atoms with Crippen LogP contribution < -0.4 is 5.32 Å². The number of carbonyl (C=O) groups excluding carboxylic acids is 1. The molecule has 23 heavy (non-hydrogen) atoms. The molecule has 0 spiro atoms. The maximum atomic E-state index is 12.1. The van der Waals surface area contributed by atoms with Gasteiger partial charge in [-0.3, -0.25) is 4.79 Å². The van der Waals surface area contributed by atoms with Gasteiger partial charge in [0, 0.05) is 15.1 Å². The van der Waals surface area contributed by atoms with Gasteiger partial charge in [0.15, 0.2) is 5.82 Å². The summed E-state index contributed by atoms with van der Waals surface area (Å²) >= 11 is 9.19. The minimum atomic E-state index is -0.216. The fourth-order valence-electron chi connectivity index (χ4n) is 1.96. The molecule has 3 rings (SSSR count). The number of carbonyl (C=O) groups is 1. The van der Waals surface area contributed by atoms with Crippen molar-refractivity contribution in [3.8, 4) is 5.69 Å². The van der Waals surface area contributed by atoms with Gasteiger partial charge in [-0.2, -0.15) is 4.68 Å². The predicted molar refractivity (Wildman–Crippen MR) is 89.5 cm³/mol. The first-order valence-electron chi connectivity index (χ1n) is 6.70. The highest BCUT2D eigenvalue weighted by atomic mass is 79.9. The lowest BCUT2D eigenvalue weighted by Crippen LogP contribution is -2.24. The van der Waals surface area contributed by atoms with Gasteiger partial charge in [-0.1, -0.05) is 27.5 Å². The van der Waals surface area contributed by atoms with E-state index in [9.17, 15) is 4.79 Å². The lowest BCUT2D eigenvalue weighted by Gasteiger charge is -2.06. The molecule has 0 atom stereocenters. The second-order valence-corrected chi connectivity index (χ2v) is 6.03. The summed E-state index contributed by atoms with van der Waals surface area (Å²) in [6.07, 6.45) is 0. The van der Waals surface area contributed by atoms with Crippen molar-refractivity contribution in [2.24, 2.45) is 0 Å². The summed E-state index contributed by atoms with van der Waals surface area (Å²) in [7, 11) is 0. The fourth-order valence-corrected chi connectivity index (χ4v) is 2.35. The van der Waals surface area contributed by atoms with Gasteiger partial charge in [-0.15, -0.1) is 5.10 Å². The summed E-state index contributed by atoms with van der Waals surface area (Å²) < 4.78 is 2.54. The lowest BCUT2D eigenvalue weighted by atomic mass is 10.2. The number of hydrogen-bond acceptors (Lipinski definition) is 4. The summed E-state index contributed by atoms with van der Waals surface area (Å²) in [6.45, 7) is 0.213. The van der Waals surface area contributed by atoms with Crippen molar-refractivity contribution in [3.63, 3.8) is 0 Å². The molecule has 1 aromatic heterocycles. The highest BCUT2D eigenvalue weighted by Gasteiger charge is 2.11. The third-order valence-corrected chi connectivity index (χ3v) is 3.90. The minimum Gasteiger partial charge on any atom is -0.345 e. The van der Waals surface area contributed by atoms with E-state index in [-0.39, 0.29) is 12.5 Å². The molecule has 0 saturated carbocycles. The molecule has 0 aliphatic carbocycles. The van der Waals surface area contributed by atoms with E-state index in [0.717, 1.165) is 10.2 Å². The minimum absolute atomic E-state index is 0.213. The Morgan fingerprint density at radius 1 is 1.13 bits per heavy atom. The number of hydrogen-bond donors (Lipinski definition) is 1. The van der Waals surface area contributed by atoms with E-state index in [1.807, 2.05) is 24.3 Å². The second-order valence-electron chi connectivity index (χ2n) is 4.67. The molecule has 2 aromatic carbocycles. The Kier molecular flexibility index (Phi) is 4.68. The molecular formula is C15H11BrClN5O. The Labute approximate surface area is 145 Å². The van der Waals surface area contributed by atoms with Gasteiger partial charge in [0.1, 0.15) is 0 Å². The first kappa shape index (κ1) is 15.6. The monoisotopic (exact) mass is 391 g/mol. The van der Waals surface area contributed by atoms with E-state index in [2.05, 4.69) is 36.8 Å². The van der Waals surface area contributed by atoms with Crippen molar-refractivity contribution in [1.82, 2.24) is 25.5 Å². The molecule has 0 aliphatic heterocycles. The van der Waals surface area contributed by atoms with Crippen LogP contribution in [-0.2, 0) is 6.54 Å². The number of halogens is 2. The second kappa shape index (κ2) is 6.89. The molecule has 8 heteroatoms. The SMILES string of the molecule is O=C(NCc1nnnn1-c1ccc(Br)cc1)c1ccc(Cl)cc1. The predicted octanol–water partition coefficient (Wildman–Crippen LogP) is 3.01. The molecule has 0 fully saturated rings. The first-order chi connectivity index (χ1) is 11.1. The number of tetrazole rings is 1. The van der Waals surface area contributed by atoms with Crippen LogP contribution in [0.5, 0.6) is 0 Å². The molecule has 0 bridgehead atoms. The number of nitrogens with zero attached hydrogens (tertiary/aromatic N) is 4. The highest BCUT2D eigenvalue weighted by molar-refractivity contribution is 9.10. The molecule has 3 aromatic rings. The molecule has 1 heterocycles. The topological polar surface area (TPSA) is 72.7 Å². The zero-order valence-electron chi connectivity index (χ0n) is 11.8. The third-order valence-electron chi connectivity index (χ3n) is 3.12. The Bertz CT molecular complexity index is 817. The van der Waals surface area contributed by atoms with Crippen molar-refractivity contribution < 1.29 is 4.79 Å². The fraction of sp³-hybridized carbons (Fsp3) is 0.0667. The summed E-state index contributed by atoms with van der Waals surface area (Å²) in [5.74, 6) is 0.321. The van der Waals surface area contributed by atoms with E-state index in [4.69, 9.17) is 11.6 Å². The van der Waals surface area contributed by atoms with Gasteiger partial charge >= 0.3 is 0 Å². The molecule has 1 amide bonds. The Balaban J connectivity index is 1.72. The summed E-state index contributed by atoms with van der Waals surface area (Å²) in [6, 6.07) is 14.2. The average molecular weight is 393 g/mol. The van der Waals surface area contributed by atoms with E-state index in [1.165, 1.54) is 0 Å². The quantitative estimate of drug-likeness (QED) is 0.741. The van der Waals surface area contributed by atoms with Gasteiger partial charge in [-0.05, 0) is 59.0 Å². The maximum Gasteiger partial charge on any atom is 0.251 e. The van der Waals surface area contributed by atoms with Crippen molar-refractivity contribution in [2.45, 2.75) is 6.54 Å². The van der Waals surface area contributed by atoms with Crippen LogP contribution in [0.1, 0.15) is 16.2 Å². The Hall–Kier alpha value is -2.25. The summed E-state index contributed by atoms with van der Waals surface area (Å²) in [4.78, 5) is 12.1. The van der Waals surface area contributed by atoms with Crippen LogP contribution in [0.25, 0.3) is 5.69 Å². The number of rotatable bonds is 4. The molecule has 1 N–H and O–H groups in total. The van der Waals surface area contributed by atoms with Gasteiger partial charge in [-0.25, -0.2) is 0 Å². The van der Waals surface area contributed by atoms with E-state index in [0.29, 0.717) is 16.4 Å². The zero-order valence-corrected chi connectivity index (χ0v) is 14.1. The molecule has 0 radical (unpaired) electrons. The standard InChI is InChI=1S/C15H11BrClN5O/c16-11-3-7-13(8-4-11)22-14(19-20-21-22)9-18-15(23)10-1-5-12(17)6-2-10/h1-8H,9H2,(H,18,23). The third kappa shape index (κ3) is 3.75. The van der Waals surface area contributed by atoms with Gasteiger partial charge in [0.05, 0.1) is 12.2 Å². The Morgan fingerprint density at radius 3 is 2.52 bits per heavy atom. The van der Waals surface area contributed by atoms with Crippen LogP contribution >= 0.6 is 27.5 Å². The largest absolute Gasteiger partial charge is 0.345 e. The van der Waals surface area contributed by atoms with Crippen LogP contribution in [0, 0.1) is 0 Å². The summed E-state index contributed by atoms with van der Waals surface area (Å²) in [5, 5.41) is 14.9. The molecule has 6 nitrogen and oxygen atoms in total. The van der Waals surface area contributed by atoms with Crippen LogP contribution in [0.15, 0.2) is 53.0 Å². The van der Waals surface area contributed by atoms with E-state index in [1.54, 1.807) is 28.9 Å². The summed E-state index contributed by atoms with van der Waals surface area (Å²) in [5.41, 5.74) is 1.34. The van der Waals surface area contributed by atoms with Gasteiger partial charge in [0.2, 0.25) is 0 Å². The molecule has 116 valence electrons. The van der Waals surface area contributed by atoms with Crippen LogP contribution in [0.4, 0.5) is 0 Å². The van der Waals surface area contributed by atoms with Crippen LogP contribution in [0.3, 0.4) is 0 Å². The number of benzene rings is 2. The molecular weight excluding hydrogens is 382 g/mol. The van der Waals surface area contributed by atoms with Crippen molar-refractivity contribution >= 4 is 33.4 Å². The number of aromatic nitrogens is 4. The Morgan fingerprint density at radius 2 is 1.83 bits per heavy atom. The van der Waals surface area contributed by atoms with Crippen molar-refractivity contribution in [3.05, 3.63) is 69.4 Å². The smallest absolute Gasteiger partial charge is 0.251 e. The average Bonchev–Trinajstić information content (AvgIpc) is 3.02. The van der Waals surface area contributed by atoms with Gasteiger partial charge in [0.25, 0.3) is 5.91 Å². The van der Waals surface area contributed by atoms with Crippen LogP contribution in [-0.4, -0.2) is 26.1 Å². The molecule has 0 aliphatic rings. The van der Waals surface area contributed by atoms with Crippen molar-refractivity contribution in [1.29, 1.82) is 0 Å². The zero-order chi connectivity index (χ0) is 16.2. The van der Waals surface area contributed by atoms with E-state index >= 15 is 0 Å². The number of nitrogens with one attached hydrogen (secondary N) is 1. The van der Waals surface area contributed by atoms with Gasteiger partial charge < -0.3 is 5.32 Å². The van der Waals surface area contributed by atoms with E-state index < -0.39 is 0 Å². The molecule has 0 saturated heterocycles. The highest BCUT2D eigenvalue weighted by Crippen LogP contribution is 2.14. The maximum absolute atomic E-state index is 12.1. The molecule has 0 unspecified atom stereocenters. The first-order valence-corrected chi connectivity index (χ1v) is 7.87.